The molecule has 1 fully saturated rings. The molecule has 0 saturated heterocycles. The highest BCUT2D eigenvalue weighted by Gasteiger charge is 2.31. The van der Waals surface area contributed by atoms with Crippen molar-refractivity contribution >= 4 is 0 Å². The van der Waals surface area contributed by atoms with Crippen molar-refractivity contribution in [2.75, 3.05) is 6.61 Å². The lowest BCUT2D eigenvalue weighted by molar-refractivity contribution is -0.0742. The summed E-state index contributed by atoms with van der Waals surface area (Å²) < 4.78 is 5.87. The van der Waals surface area contributed by atoms with Crippen LogP contribution in [0.1, 0.15) is 56.3 Å². The molecule has 1 heterocycles. The maximum atomic E-state index is 10.7. The van der Waals surface area contributed by atoms with Gasteiger partial charge in [0.1, 0.15) is 6.10 Å². The van der Waals surface area contributed by atoms with E-state index in [0.29, 0.717) is 12.5 Å². The molecule has 0 bridgehead atoms. The predicted octanol–water partition coefficient (Wildman–Crippen LogP) is 3.41. The van der Waals surface area contributed by atoms with Gasteiger partial charge in [-0.2, -0.15) is 0 Å². The molecule has 1 aromatic rings. The van der Waals surface area contributed by atoms with E-state index >= 15 is 0 Å². The highest BCUT2D eigenvalue weighted by molar-refractivity contribution is 5.24. The van der Waals surface area contributed by atoms with Crippen molar-refractivity contribution in [3.05, 3.63) is 29.6 Å². The number of aryl methyl sites for hydroxylation is 1. The van der Waals surface area contributed by atoms with Gasteiger partial charge in [-0.3, -0.25) is 4.98 Å². The van der Waals surface area contributed by atoms with E-state index in [-0.39, 0.29) is 6.10 Å². The van der Waals surface area contributed by atoms with Crippen molar-refractivity contribution in [1.82, 2.24) is 4.98 Å². The summed E-state index contributed by atoms with van der Waals surface area (Å²) in [4.78, 5) is 4.14. The molecule has 0 spiro atoms. The summed E-state index contributed by atoms with van der Waals surface area (Å²) in [6, 6.07) is 1.95. The van der Waals surface area contributed by atoms with Crippen LogP contribution in [0.5, 0.6) is 0 Å². The van der Waals surface area contributed by atoms with Gasteiger partial charge in [0.25, 0.3) is 0 Å². The quantitative estimate of drug-likeness (QED) is 0.885. The Morgan fingerprint density at radius 1 is 1.37 bits per heavy atom. The van der Waals surface area contributed by atoms with Gasteiger partial charge in [-0.25, -0.2) is 0 Å². The number of rotatable bonds is 5. The fraction of sp³-hybridized carbons (Fsp3) is 0.688. The fourth-order valence-corrected chi connectivity index (χ4v) is 3.10. The van der Waals surface area contributed by atoms with Crippen molar-refractivity contribution in [1.29, 1.82) is 0 Å². The molecule has 106 valence electrons. The molecule has 2 rings (SSSR count). The van der Waals surface area contributed by atoms with E-state index in [1.807, 2.05) is 19.9 Å². The van der Waals surface area contributed by atoms with Crippen LogP contribution >= 0.6 is 0 Å². The monoisotopic (exact) mass is 263 g/mol. The summed E-state index contributed by atoms with van der Waals surface area (Å²) in [6.07, 6.45) is 9.06. The Morgan fingerprint density at radius 3 is 2.74 bits per heavy atom. The highest BCUT2D eigenvalue weighted by atomic mass is 16.5. The van der Waals surface area contributed by atoms with Crippen molar-refractivity contribution in [2.45, 2.75) is 58.2 Å². The summed E-state index contributed by atoms with van der Waals surface area (Å²) in [7, 11) is 0. The lowest BCUT2D eigenvalue weighted by Gasteiger charge is -2.33. The number of aliphatic hydroxyl groups excluding tert-OH is 1. The second-order valence-corrected chi connectivity index (χ2v) is 5.50. The molecule has 0 aliphatic heterocycles. The van der Waals surface area contributed by atoms with Crippen LogP contribution in [0.15, 0.2) is 18.5 Å². The number of ether oxygens (including phenoxy) is 1. The second-order valence-electron chi connectivity index (χ2n) is 5.50. The molecule has 2 unspecified atom stereocenters. The smallest absolute Gasteiger partial charge is 0.107 e. The van der Waals surface area contributed by atoms with Gasteiger partial charge in [0.05, 0.1) is 6.10 Å². The molecule has 2 atom stereocenters. The number of hydrogen-bond donors (Lipinski definition) is 1. The standard InChI is InChI=1S/C16H25NO2/c1-3-19-16(13-7-5-4-6-8-13)15(18)14-11-17-10-9-12(14)2/h9-11,13,15-16,18H,3-8H2,1-2H3. The molecule has 0 amide bonds. The summed E-state index contributed by atoms with van der Waals surface area (Å²) >= 11 is 0. The molecule has 19 heavy (non-hydrogen) atoms. The first-order valence-corrected chi connectivity index (χ1v) is 7.44. The second kappa shape index (κ2) is 7.01. The Bertz CT molecular complexity index is 388. The third-order valence-electron chi connectivity index (χ3n) is 4.18. The van der Waals surface area contributed by atoms with Crippen LogP contribution in [0.3, 0.4) is 0 Å². The van der Waals surface area contributed by atoms with Gasteiger partial charge in [0.2, 0.25) is 0 Å². The molecule has 1 aromatic heterocycles. The first kappa shape index (κ1) is 14.5. The van der Waals surface area contributed by atoms with Gasteiger partial charge in [-0.15, -0.1) is 0 Å². The molecule has 1 saturated carbocycles. The van der Waals surface area contributed by atoms with Crippen LogP contribution in [0.2, 0.25) is 0 Å². The van der Waals surface area contributed by atoms with Crippen LogP contribution < -0.4 is 0 Å². The molecular weight excluding hydrogens is 238 g/mol. The Balaban J connectivity index is 2.15. The molecule has 0 radical (unpaired) electrons. The SMILES string of the molecule is CCOC(C1CCCCC1)C(O)c1cnccc1C. The number of hydrogen-bond acceptors (Lipinski definition) is 3. The normalized spacial score (nSPS) is 20.2. The lowest BCUT2D eigenvalue weighted by Crippen LogP contribution is -2.32. The summed E-state index contributed by atoms with van der Waals surface area (Å²) in [6.45, 7) is 4.67. The number of nitrogens with zero attached hydrogens (tertiary/aromatic N) is 1. The van der Waals surface area contributed by atoms with Gasteiger partial charge in [-0.1, -0.05) is 19.3 Å². The zero-order chi connectivity index (χ0) is 13.7. The van der Waals surface area contributed by atoms with Gasteiger partial charge in [0, 0.05) is 24.6 Å². The molecule has 3 nitrogen and oxygen atoms in total. The molecule has 3 heteroatoms. The van der Waals surface area contributed by atoms with E-state index in [9.17, 15) is 5.11 Å². The van der Waals surface area contributed by atoms with Gasteiger partial charge >= 0.3 is 0 Å². The van der Waals surface area contributed by atoms with Crippen LogP contribution in [0, 0.1) is 12.8 Å². The first-order valence-electron chi connectivity index (χ1n) is 7.44. The van der Waals surface area contributed by atoms with Gasteiger partial charge in [0.15, 0.2) is 0 Å². The minimum atomic E-state index is -0.559. The summed E-state index contributed by atoms with van der Waals surface area (Å²) in [5.74, 6) is 0.475. The number of aromatic nitrogens is 1. The fourth-order valence-electron chi connectivity index (χ4n) is 3.10. The largest absolute Gasteiger partial charge is 0.386 e. The average Bonchev–Trinajstić information content (AvgIpc) is 2.45. The minimum absolute atomic E-state index is 0.0896. The summed E-state index contributed by atoms with van der Waals surface area (Å²) in [5.41, 5.74) is 1.99. The van der Waals surface area contributed by atoms with E-state index in [1.54, 1.807) is 12.4 Å². The van der Waals surface area contributed by atoms with E-state index in [0.717, 1.165) is 11.1 Å². The van der Waals surface area contributed by atoms with Crippen molar-refractivity contribution in [3.8, 4) is 0 Å². The predicted molar refractivity (Wildman–Crippen MR) is 75.9 cm³/mol. The van der Waals surface area contributed by atoms with Crippen LogP contribution in [-0.2, 0) is 4.74 Å². The van der Waals surface area contributed by atoms with Crippen molar-refractivity contribution < 1.29 is 9.84 Å². The Labute approximate surface area is 116 Å². The maximum absolute atomic E-state index is 10.7. The Hall–Kier alpha value is -0.930. The van der Waals surface area contributed by atoms with E-state index in [4.69, 9.17) is 4.74 Å². The highest BCUT2D eigenvalue weighted by Crippen LogP contribution is 2.34. The van der Waals surface area contributed by atoms with Crippen LogP contribution in [-0.4, -0.2) is 22.8 Å². The Kier molecular flexibility index (Phi) is 5.34. The lowest BCUT2D eigenvalue weighted by atomic mass is 9.81. The van der Waals surface area contributed by atoms with E-state index in [1.165, 1.54) is 32.1 Å². The van der Waals surface area contributed by atoms with Gasteiger partial charge in [-0.05, 0) is 44.2 Å². The molecule has 1 N–H and O–H groups in total. The zero-order valence-corrected chi connectivity index (χ0v) is 12.0. The molecular formula is C16H25NO2. The Morgan fingerprint density at radius 2 is 2.11 bits per heavy atom. The third-order valence-corrected chi connectivity index (χ3v) is 4.18. The molecule has 1 aliphatic rings. The molecule has 1 aliphatic carbocycles. The summed E-state index contributed by atoms with van der Waals surface area (Å²) in [5, 5.41) is 10.7. The zero-order valence-electron chi connectivity index (χ0n) is 12.0. The maximum Gasteiger partial charge on any atom is 0.107 e. The molecule has 0 aromatic carbocycles. The number of pyridine rings is 1. The van der Waals surface area contributed by atoms with Crippen LogP contribution in [0.25, 0.3) is 0 Å². The first-order chi connectivity index (χ1) is 9.24. The average molecular weight is 263 g/mol. The topological polar surface area (TPSA) is 42.4 Å². The van der Waals surface area contributed by atoms with E-state index in [2.05, 4.69) is 4.98 Å². The van der Waals surface area contributed by atoms with Crippen molar-refractivity contribution in [3.63, 3.8) is 0 Å². The van der Waals surface area contributed by atoms with Crippen molar-refractivity contribution in [2.24, 2.45) is 5.92 Å². The van der Waals surface area contributed by atoms with E-state index < -0.39 is 6.10 Å². The number of aliphatic hydroxyl groups is 1. The third kappa shape index (κ3) is 3.54. The minimum Gasteiger partial charge on any atom is -0.386 e. The van der Waals surface area contributed by atoms with Gasteiger partial charge < -0.3 is 9.84 Å². The van der Waals surface area contributed by atoms with Crippen LogP contribution in [0.4, 0.5) is 0 Å².